The van der Waals surface area contributed by atoms with Crippen LogP contribution in [0.3, 0.4) is 0 Å². The molecule has 0 spiro atoms. The average Bonchev–Trinajstić information content (AvgIpc) is 2.40. The molecule has 0 aliphatic carbocycles. The van der Waals surface area contributed by atoms with Gasteiger partial charge in [-0.05, 0) is 55.3 Å². The van der Waals surface area contributed by atoms with E-state index < -0.39 is 0 Å². The van der Waals surface area contributed by atoms with Gasteiger partial charge in [-0.3, -0.25) is 4.98 Å². The summed E-state index contributed by atoms with van der Waals surface area (Å²) in [4.78, 5) is 4.01. The Morgan fingerprint density at radius 3 is 2.44 bits per heavy atom. The third-order valence-electron chi connectivity index (χ3n) is 2.98. The van der Waals surface area contributed by atoms with E-state index in [4.69, 9.17) is 11.6 Å². The topological polar surface area (TPSA) is 24.9 Å². The van der Waals surface area contributed by atoms with Crippen molar-refractivity contribution in [1.82, 2.24) is 10.3 Å². The number of nitrogens with one attached hydrogen (secondary N) is 1. The summed E-state index contributed by atoms with van der Waals surface area (Å²) in [5, 5.41) is 4.28. The van der Waals surface area contributed by atoms with Gasteiger partial charge < -0.3 is 5.32 Å². The molecule has 0 radical (unpaired) electrons. The Kier molecular flexibility index (Phi) is 4.73. The van der Waals surface area contributed by atoms with Crippen molar-refractivity contribution in [2.75, 3.05) is 6.54 Å². The Morgan fingerprint density at radius 1 is 1.11 bits per heavy atom. The monoisotopic (exact) mass is 260 g/mol. The predicted molar refractivity (Wildman–Crippen MR) is 75.8 cm³/mol. The van der Waals surface area contributed by atoms with Crippen LogP contribution in [0, 0.1) is 0 Å². The van der Waals surface area contributed by atoms with Crippen molar-refractivity contribution in [2.24, 2.45) is 0 Å². The van der Waals surface area contributed by atoms with E-state index in [-0.39, 0.29) is 0 Å². The van der Waals surface area contributed by atoms with E-state index in [1.165, 1.54) is 11.1 Å². The number of hydrogen-bond donors (Lipinski definition) is 1. The van der Waals surface area contributed by atoms with E-state index in [2.05, 4.69) is 41.5 Å². The third kappa shape index (κ3) is 3.83. The smallest absolute Gasteiger partial charge is 0.0406 e. The van der Waals surface area contributed by atoms with Crippen LogP contribution in [-0.4, -0.2) is 11.5 Å². The lowest BCUT2D eigenvalue weighted by Gasteiger charge is -2.14. The van der Waals surface area contributed by atoms with E-state index in [1.54, 1.807) is 0 Å². The fraction of sp³-hybridized carbons (Fsp3) is 0.267. The summed E-state index contributed by atoms with van der Waals surface area (Å²) in [5.74, 6) is 0. The van der Waals surface area contributed by atoms with Crippen molar-refractivity contribution < 1.29 is 0 Å². The van der Waals surface area contributed by atoms with Crippen LogP contribution in [0.5, 0.6) is 0 Å². The first-order valence-electron chi connectivity index (χ1n) is 6.13. The van der Waals surface area contributed by atoms with Gasteiger partial charge in [-0.25, -0.2) is 0 Å². The molecule has 2 aromatic rings. The molecule has 0 aliphatic rings. The normalized spacial score (nSPS) is 12.3. The van der Waals surface area contributed by atoms with Crippen molar-refractivity contribution >= 4 is 11.6 Å². The standard InChI is InChI=1S/C15H17ClN2/c1-12(14-2-4-15(16)5-3-14)18-11-8-13-6-9-17-10-7-13/h2-7,9-10,12,18H,8,11H2,1H3/t12-/m1/s1. The minimum absolute atomic E-state index is 0.337. The molecule has 94 valence electrons. The number of pyridine rings is 1. The second-order valence-corrected chi connectivity index (χ2v) is 4.77. The molecule has 0 saturated carbocycles. The highest BCUT2D eigenvalue weighted by Crippen LogP contribution is 2.15. The minimum atomic E-state index is 0.337. The second-order valence-electron chi connectivity index (χ2n) is 4.33. The summed E-state index contributed by atoms with van der Waals surface area (Å²) in [7, 11) is 0. The zero-order chi connectivity index (χ0) is 12.8. The number of nitrogens with zero attached hydrogens (tertiary/aromatic N) is 1. The quantitative estimate of drug-likeness (QED) is 0.888. The van der Waals surface area contributed by atoms with Gasteiger partial charge in [0.15, 0.2) is 0 Å². The Bertz CT molecular complexity index is 468. The highest BCUT2D eigenvalue weighted by Gasteiger charge is 2.03. The highest BCUT2D eigenvalue weighted by atomic mass is 35.5. The number of aromatic nitrogens is 1. The Hall–Kier alpha value is -1.38. The molecule has 0 fully saturated rings. The van der Waals surface area contributed by atoms with Crippen LogP contribution in [0.25, 0.3) is 0 Å². The summed E-state index contributed by atoms with van der Waals surface area (Å²) in [6.07, 6.45) is 4.68. The van der Waals surface area contributed by atoms with Gasteiger partial charge in [0.2, 0.25) is 0 Å². The maximum atomic E-state index is 5.87. The zero-order valence-electron chi connectivity index (χ0n) is 10.4. The van der Waals surface area contributed by atoms with E-state index in [9.17, 15) is 0 Å². The van der Waals surface area contributed by atoms with Gasteiger partial charge in [-0.1, -0.05) is 23.7 Å². The van der Waals surface area contributed by atoms with Gasteiger partial charge in [0.25, 0.3) is 0 Å². The molecule has 0 amide bonds. The number of benzene rings is 1. The predicted octanol–water partition coefficient (Wildman–Crippen LogP) is 3.63. The largest absolute Gasteiger partial charge is 0.310 e. The van der Waals surface area contributed by atoms with Crippen LogP contribution >= 0.6 is 11.6 Å². The Labute approximate surface area is 113 Å². The van der Waals surface area contributed by atoms with Gasteiger partial charge in [0.1, 0.15) is 0 Å². The fourth-order valence-electron chi connectivity index (χ4n) is 1.85. The van der Waals surface area contributed by atoms with Gasteiger partial charge >= 0.3 is 0 Å². The molecule has 1 aromatic heterocycles. The van der Waals surface area contributed by atoms with E-state index in [0.29, 0.717) is 6.04 Å². The Balaban J connectivity index is 1.81. The summed E-state index contributed by atoms with van der Waals surface area (Å²) in [6, 6.07) is 12.4. The molecule has 18 heavy (non-hydrogen) atoms. The van der Waals surface area contributed by atoms with Crippen molar-refractivity contribution in [3.05, 3.63) is 64.9 Å². The summed E-state index contributed by atoms with van der Waals surface area (Å²) in [6.45, 7) is 3.11. The average molecular weight is 261 g/mol. The SMILES string of the molecule is C[C@@H](NCCc1ccncc1)c1ccc(Cl)cc1. The van der Waals surface area contributed by atoms with Gasteiger partial charge in [0.05, 0.1) is 0 Å². The van der Waals surface area contributed by atoms with Crippen LogP contribution in [0.15, 0.2) is 48.8 Å². The first-order valence-corrected chi connectivity index (χ1v) is 6.51. The molecule has 1 heterocycles. The number of halogens is 1. The molecular formula is C15H17ClN2. The van der Waals surface area contributed by atoms with E-state index in [0.717, 1.165) is 18.0 Å². The molecule has 0 aliphatic heterocycles. The summed E-state index contributed by atoms with van der Waals surface area (Å²) < 4.78 is 0. The molecule has 2 nitrogen and oxygen atoms in total. The van der Waals surface area contributed by atoms with Crippen LogP contribution in [0.4, 0.5) is 0 Å². The van der Waals surface area contributed by atoms with Crippen LogP contribution < -0.4 is 5.32 Å². The first-order chi connectivity index (χ1) is 8.75. The third-order valence-corrected chi connectivity index (χ3v) is 3.24. The molecule has 2 rings (SSSR count). The molecular weight excluding hydrogens is 244 g/mol. The molecule has 0 unspecified atom stereocenters. The first kappa shape index (κ1) is 13.1. The van der Waals surface area contributed by atoms with E-state index in [1.807, 2.05) is 24.5 Å². The fourth-order valence-corrected chi connectivity index (χ4v) is 1.98. The minimum Gasteiger partial charge on any atom is -0.310 e. The van der Waals surface area contributed by atoms with Crippen molar-refractivity contribution in [1.29, 1.82) is 0 Å². The number of rotatable bonds is 5. The molecule has 3 heteroatoms. The lowest BCUT2D eigenvalue weighted by Crippen LogP contribution is -2.21. The van der Waals surface area contributed by atoms with Crippen LogP contribution in [0.1, 0.15) is 24.1 Å². The number of hydrogen-bond acceptors (Lipinski definition) is 2. The van der Waals surface area contributed by atoms with Crippen LogP contribution in [0.2, 0.25) is 5.02 Å². The van der Waals surface area contributed by atoms with Crippen molar-refractivity contribution in [2.45, 2.75) is 19.4 Å². The highest BCUT2D eigenvalue weighted by molar-refractivity contribution is 6.30. The summed E-state index contributed by atoms with van der Waals surface area (Å²) >= 11 is 5.87. The summed E-state index contributed by atoms with van der Waals surface area (Å²) in [5.41, 5.74) is 2.56. The molecule has 0 saturated heterocycles. The van der Waals surface area contributed by atoms with Gasteiger partial charge in [-0.2, -0.15) is 0 Å². The van der Waals surface area contributed by atoms with Crippen molar-refractivity contribution in [3.8, 4) is 0 Å². The molecule has 1 N–H and O–H groups in total. The zero-order valence-corrected chi connectivity index (χ0v) is 11.2. The van der Waals surface area contributed by atoms with Gasteiger partial charge in [0, 0.05) is 23.5 Å². The molecule has 0 bridgehead atoms. The van der Waals surface area contributed by atoms with Crippen LogP contribution in [-0.2, 0) is 6.42 Å². The molecule has 1 aromatic carbocycles. The lowest BCUT2D eigenvalue weighted by atomic mass is 10.1. The lowest BCUT2D eigenvalue weighted by molar-refractivity contribution is 0.577. The molecule has 1 atom stereocenters. The maximum absolute atomic E-state index is 5.87. The maximum Gasteiger partial charge on any atom is 0.0406 e. The van der Waals surface area contributed by atoms with E-state index >= 15 is 0 Å². The van der Waals surface area contributed by atoms with Gasteiger partial charge in [-0.15, -0.1) is 0 Å². The second kappa shape index (κ2) is 6.53. The Morgan fingerprint density at radius 2 is 1.78 bits per heavy atom. The van der Waals surface area contributed by atoms with Crippen molar-refractivity contribution in [3.63, 3.8) is 0 Å².